The Labute approximate surface area is 148 Å². The molecule has 0 amide bonds. The molecule has 0 N–H and O–H groups in total. The van der Waals surface area contributed by atoms with Crippen LogP contribution in [0.2, 0.25) is 0 Å². The maximum atomic E-state index is 5.21. The molecule has 25 heavy (non-hydrogen) atoms. The van der Waals surface area contributed by atoms with Gasteiger partial charge in [0.05, 0.1) is 11.3 Å². The molecule has 0 aliphatic heterocycles. The van der Waals surface area contributed by atoms with Gasteiger partial charge in [0.2, 0.25) is 11.0 Å². The first-order valence-electron chi connectivity index (χ1n) is 8.36. The van der Waals surface area contributed by atoms with Gasteiger partial charge >= 0.3 is 0 Å². The zero-order valence-corrected chi connectivity index (χ0v) is 15.0. The Morgan fingerprint density at radius 3 is 2.80 bits per heavy atom. The number of rotatable bonds is 6. The van der Waals surface area contributed by atoms with Crippen molar-refractivity contribution in [3.05, 3.63) is 36.0 Å². The van der Waals surface area contributed by atoms with Gasteiger partial charge in [0.1, 0.15) is 5.52 Å². The lowest BCUT2D eigenvalue weighted by atomic mass is 10.2. The van der Waals surface area contributed by atoms with Crippen LogP contribution in [0.3, 0.4) is 0 Å². The first-order valence-corrected chi connectivity index (χ1v) is 9.34. The molecule has 0 aliphatic rings. The molecule has 8 heteroatoms. The van der Waals surface area contributed by atoms with Crippen LogP contribution in [0.4, 0.5) is 0 Å². The molecule has 0 radical (unpaired) electrons. The van der Waals surface area contributed by atoms with Crippen LogP contribution < -0.4 is 0 Å². The Morgan fingerprint density at radius 2 is 2.00 bits per heavy atom. The van der Waals surface area contributed by atoms with Gasteiger partial charge in [-0.05, 0) is 12.5 Å². The number of hydrogen-bond acceptors (Lipinski definition) is 7. The third kappa shape index (κ3) is 2.97. The van der Waals surface area contributed by atoms with Crippen LogP contribution in [-0.4, -0.2) is 29.9 Å². The molecular weight excluding hydrogens is 336 g/mol. The van der Waals surface area contributed by atoms with Crippen molar-refractivity contribution in [2.45, 2.75) is 44.1 Å². The van der Waals surface area contributed by atoms with Crippen LogP contribution in [-0.2, 0) is 18.7 Å². The summed E-state index contributed by atoms with van der Waals surface area (Å²) in [4.78, 5) is 9.04. The van der Waals surface area contributed by atoms with Crippen LogP contribution in [0.5, 0.6) is 0 Å². The van der Waals surface area contributed by atoms with Crippen LogP contribution in [0.15, 0.2) is 33.9 Å². The number of aromatic nitrogens is 6. The summed E-state index contributed by atoms with van der Waals surface area (Å²) in [5.74, 6) is 1.83. The Morgan fingerprint density at radius 1 is 1.12 bits per heavy atom. The van der Waals surface area contributed by atoms with Crippen molar-refractivity contribution in [2.75, 3.05) is 0 Å². The Balaban J connectivity index is 1.69. The van der Waals surface area contributed by atoms with Crippen molar-refractivity contribution in [2.24, 2.45) is 0 Å². The van der Waals surface area contributed by atoms with E-state index in [9.17, 15) is 0 Å². The van der Waals surface area contributed by atoms with Crippen molar-refractivity contribution in [3.8, 4) is 0 Å². The predicted molar refractivity (Wildman–Crippen MR) is 96.4 cm³/mol. The summed E-state index contributed by atoms with van der Waals surface area (Å²) in [5.41, 5.74) is 2.87. The van der Waals surface area contributed by atoms with Crippen LogP contribution in [0, 0.1) is 0 Å². The van der Waals surface area contributed by atoms with Crippen molar-refractivity contribution in [1.82, 2.24) is 29.9 Å². The summed E-state index contributed by atoms with van der Waals surface area (Å²) in [5, 5.41) is 14.3. The Bertz CT molecular complexity index is 1020. The number of thioether (sulfide) groups is 1. The van der Waals surface area contributed by atoms with Crippen molar-refractivity contribution >= 4 is 33.8 Å². The summed E-state index contributed by atoms with van der Waals surface area (Å²) in [6.45, 7) is 5.05. The Hall–Kier alpha value is -2.48. The number of benzene rings is 1. The molecule has 0 bridgehead atoms. The molecule has 7 nitrogen and oxygen atoms in total. The van der Waals surface area contributed by atoms with Gasteiger partial charge in [-0.15, -0.1) is 10.2 Å². The second-order valence-electron chi connectivity index (χ2n) is 5.68. The minimum absolute atomic E-state index is 0.536. The molecule has 3 heterocycles. The fraction of sp³-hybridized carbons (Fsp3) is 0.353. The third-order valence-electron chi connectivity index (χ3n) is 3.95. The fourth-order valence-corrected chi connectivity index (χ4v) is 3.44. The highest BCUT2D eigenvalue weighted by molar-refractivity contribution is 7.98. The first kappa shape index (κ1) is 16.0. The second kappa shape index (κ2) is 6.79. The summed E-state index contributed by atoms with van der Waals surface area (Å²) in [6.07, 6.45) is 1.79. The van der Waals surface area contributed by atoms with Gasteiger partial charge in [0.15, 0.2) is 11.5 Å². The maximum absolute atomic E-state index is 5.21. The minimum Gasteiger partial charge on any atom is -0.338 e. The van der Waals surface area contributed by atoms with E-state index in [1.807, 2.05) is 19.1 Å². The van der Waals surface area contributed by atoms with Crippen LogP contribution >= 0.6 is 11.8 Å². The molecule has 128 valence electrons. The summed E-state index contributed by atoms with van der Waals surface area (Å²) in [6, 6.07) is 8.23. The summed E-state index contributed by atoms with van der Waals surface area (Å²) < 4.78 is 7.43. The number of fused-ring (bicyclic) bond motifs is 3. The van der Waals surface area contributed by atoms with Gasteiger partial charge in [-0.3, -0.25) is 0 Å². The number of hydrogen-bond donors (Lipinski definition) is 0. The molecule has 4 rings (SSSR count). The van der Waals surface area contributed by atoms with E-state index in [1.54, 1.807) is 0 Å². The zero-order chi connectivity index (χ0) is 17.2. The third-order valence-corrected chi connectivity index (χ3v) is 4.78. The van der Waals surface area contributed by atoms with Crippen molar-refractivity contribution < 1.29 is 4.52 Å². The van der Waals surface area contributed by atoms with E-state index in [0.717, 1.165) is 41.5 Å². The highest BCUT2D eigenvalue weighted by Gasteiger charge is 2.15. The largest absolute Gasteiger partial charge is 0.338 e. The van der Waals surface area contributed by atoms with Crippen molar-refractivity contribution in [1.29, 1.82) is 0 Å². The summed E-state index contributed by atoms with van der Waals surface area (Å²) in [7, 11) is 0. The highest BCUT2D eigenvalue weighted by Crippen LogP contribution is 2.28. The molecule has 0 unspecified atom stereocenters. The van der Waals surface area contributed by atoms with Crippen molar-refractivity contribution in [3.63, 3.8) is 0 Å². The number of para-hydroxylation sites is 1. The van der Waals surface area contributed by atoms with Gasteiger partial charge in [0, 0.05) is 18.4 Å². The quantitative estimate of drug-likeness (QED) is 0.489. The van der Waals surface area contributed by atoms with Gasteiger partial charge in [-0.1, -0.05) is 49.0 Å². The number of aryl methyl sites for hydroxylation is 2. The highest BCUT2D eigenvalue weighted by atomic mass is 32.2. The zero-order valence-electron chi connectivity index (χ0n) is 14.1. The molecule has 0 atom stereocenters. The van der Waals surface area contributed by atoms with Crippen LogP contribution in [0.1, 0.15) is 32.0 Å². The molecule has 1 aromatic carbocycles. The van der Waals surface area contributed by atoms with E-state index in [2.05, 4.69) is 44.0 Å². The van der Waals surface area contributed by atoms with E-state index < -0.39 is 0 Å². The SMILES string of the molecule is CCCn1c2ccccc2c2nnc(SCc3nc(CC)no3)nc21. The molecule has 4 aromatic rings. The monoisotopic (exact) mass is 354 g/mol. The topological polar surface area (TPSA) is 82.5 Å². The molecular formula is C17H18N6OS. The Kier molecular flexibility index (Phi) is 4.35. The maximum Gasteiger partial charge on any atom is 0.237 e. The first-order chi connectivity index (χ1) is 12.3. The van der Waals surface area contributed by atoms with Gasteiger partial charge in [-0.25, -0.2) is 4.98 Å². The molecule has 3 aromatic heterocycles. The molecule has 0 spiro atoms. The molecule has 0 saturated carbocycles. The van der Waals surface area contributed by atoms with Gasteiger partial charge in [-0.2, -0.15) is 4.98 Å². The average molecular weight is 354 g/mol. The smallest absolute Gasteiger partial charge is 0.237 e. The normalized spacial score (nSPS) is 11.6. The molecule has 0 fully saturated rings. The minimum atomic E-state index is 0.536. The lowest BCUT2D eigenvalue weighted by molar-refractivity contribution is 0.385. The fourth-order valence-electron chi connectivity index (χ4n) is 2.82. The lowest BCUT2D eigenvalue weighted by Gasteiger charge is -2.04. The lowest BCUT2D eigenvalue weighted by Crippen LogP contribution is -2.00. The molecule has 0 saturated heterocycles. The second-order valence-corrected chi connectivity index (χ2v) is 6.62. The van der Waals surface area contributed by atoms with Crippen LogP contribution in [0.25, 0.3) is 22.1 Å². The average Bonchev–Trinajstić information content (AvgIpc) is 3.23. The summed E-state index contributed by atoms with van der Waals surface area (Å²) >= 11 is 1.45. The standard InChI is InChI=1S/C17H18N6OS/c1-3-9-23-12-8-6-5-7-11(12)15-16(23)19-17(21-20-15)25-10-14-18-13(4-2)22-24-14/h5-8H,3-4,9-10H2,1-2H3. The van der Waals surface area contributed by atoms with Gasteiger partial charge in [0.25, 0.3) is 0 Å². The number of nitrogens with zero attached hydrogens (tertiary/aromatic N) is 6. The van der Waals surface area contributed by atoms with E-state index in [4.69, 9.17) is 9.51 Å². The predicted octanol–water partition coefficient (Wildman–Crippen LogP) is 3.63. The van der Waals surface area contributed by atoms with E-state index in [0.29, 0.717) is 22.6 Å². The van der Waals surface area contributed by atoms with Gasteiger partial charge < -0.3 is 9.09 Å². The van der Waals surface area contributed by atoms with E-state index in [-0.39, 0.29) is 0 Å². The molecule has 0 aliphatic carbocycles. The van der Waals surface area contributed by atoms with E-state index >= 15 is 0 Å². The van der Waals surface area contributed by atoms with E-state index in [1.165, 1.54) is 11.8 Å².